The zero-order valence-corrected chi connectivity index (χ0v) is 9.60. The van der Waals surface area contributed by atoms with Crippen molar-refractivity contribution in [1.82, 2.24) is 4.98 Å². The Morgan fingerprint density at radius 3 is 2.76 bits per heavy atom. The second-order valence-electron chi connectivity index (χ2n) is 4.21. The van der Waals surface area contributed by atoms with Gasteiger partial charge in [-0.3, -0.25) is 4.79 Å². The van der Waals surface area contributed by atoms with E-state index in [1.54, 1.807) is 31.2 Å². The fraction of sp³-hybridized carbons (Fsp3) is 0.308. The van der Waals surface area contributed by atoms with Gasteiger partial charge >= 0.3 is 0 Å². The standard InChI is InChI=1S/C13H15NO3/c1-8(15)6-7-10-12(16)9-4-2-3-5-11(9)14-13(10)17/h2-5,8,15H,6-7H2,1H3,(H2,14,16,17). The van der Waals surface area contributed by atoms with Crippen LogP contribution in [0.2, 0.25) is 0 Å². The highest BCUT2D eigenvalue weighted by Crippen LogP contribution is 2.25. The van der Waals surface area contributed by atoms with Crippen LogP contribution in [0.25, 0.3) is 10.9 Å². The van der Waals surface area contributed by atoms with Gasteiger partial charge in [-0.05, 0) is 31.9 Å². The van der Waals surface area contributed by atoms with E-state index in [-0.39, 0.29) is 11.3 Å². The van der Waals surface area contributed by atoms with Gasteiger partial charge in [0.15, 0.2) is 0 Å². The lowest BCUT2D eigenvalue weighted by Gasteiger charge is -2.08. The summed E-state index contributed by atoms with van der Waals surface area (Å²) in [7, 11) is 0. The molecular formula is C13H15NO3. The van der Waals surface area contributed by atoms with Gasteiger partial charge in [-0.1, -0.05) is 12.1 Å². The number of hydrogen-bond acceptors (Lipinski definition) is 3. The predicted octanol–water partition coefficient (Wildman–Crippen LogP) is 1.55. The van der Waals surface area contributed by atoms with Crippen LogP contribution in [0.1, 0.15) is 18.9 Å². The van der Waals surface area contributed by atoms with E-state index in [1.165, 1.54) is 0 Å². The number of H-pyrrole nitrogens is 1. The molecule has 2 rings (SSSR count). The molecule has 0 bridgehead atoms. The van der Waals surface area contributed by atoms with Crippen LogP contribution in [0.5, 0.6) is 5.75 Å². The van der Waals surface area contributed by atoms with Crippen molar-refractivity contribution >= 4 is 10.9 Å². The molecule has 3 N–H and O–H groups in total. The molecule has 1 aromatic carbocycles. The Morgan fingerprint density at radius 1 is 1.35 bits per heavy atom. The summed E-state index contributed by atoms with van der Waals surface area (Å²) in [4.78, 5) is 14.5. The van der Waals surface area contributed by atoms with Crippen molar-refractivity contribution in [3.8, 4) is 5.75 Å². The van der Waals surface area contributed by atoms with Crippen LogP contribution in [0.4, 0.5) is 0 Å². The van der Waals surface area contributed by atoms with Gasteiger partial charge in [0.1, 0.15) is 5.75 Å². The van der Waals surface area contributed by atoms with Crippen LogP contribution in [0, 0.1) is 0 Å². The molecule has 90 valence electrons. The highest BCUT2D eigenvalue weighted by Gasteiger charge is 2.11. The van der Waals surface area contributed by atoms with Crippen molar-refractivity contribution in [1.29, 1.82) is 0 Å². The van der Waals surface area contributed by atoms with E-state index >= 15 is 0 Å². The van der Waals surface area contributed by atoms with Crippen molar-refractivity contribution in [2.45, 2.75) is 25.9 Å². The topological polar surface area (TPSA) is 73.3 Å². The van der Waals surface area contributed by atoms with Crippen molar-refractivity contribution in [2.24, 2.45) is 0 Å². The van der Waals surface area contributed by atoms with Crippen LogP contribution >= 0.6 is 0 Å². The Hall–Kier alpha value is -1.81. The van der Waals surface area contributed by atoms with Gasteiger partial charge in [0.25, 0.3) is 5.56 Å². The quantitative estimate of drug-likeness (QED) is 0.753. The SMILES string of the molecule is CC(O)CCc1c(O)c2ccccc2[nH]c1=O. The van der Waals surface area contributed by atoms with Crippen molar-refractivity contribution < 1.29 is 10.2 Å². The molecule has 0 aliphatic heterocycles. The molecule has 1 unspecified atom stereocenters. The molecule has 0 aliphatic rings. The molecule has 0 radical (unpaired) electrons. The largest absolute Gasteiger partial charge is 0.507 e. The lowest BCUT2D eigenvalue weighted by molar-refractivity contribution is 0.184. The number of aromatic nitrogens is 1. The van der Waals surface area contributed by atoms with Gasteiger partial charge in [0.2, 0.25) is 0 Å². The summed E-state index contributed by atoms with van der Waals surface area (Å²) in [6, 6.07) is 7.10. The maximum Gasteiger partial charge on any atom is 0.255 e. The molecule has 17 heavy (non-hydrogen) atoms. The van der Waals surface area contributed by atoms with Crippen molar-refractivity contribution in [2.75, 3.05) is 0 Å². The third-order valence-electron chi connectivity index (χ3n) is 2.80. The van der Waals surface area contributed by atoms with E-state index in [2.05, 4.69) is 4.98 Å². The maximum atomic E-state index is 11.8. The van der Waals surface area contributed by atoms with Crippen LogP contribution in [0.3, 0.4) is 0 Å². The van der Waals surface area contributed by atoms with Gasteiger partial charge in [-0.15, -0.1) is 0 Å². The van der Waals surface area contributed by atoms with Gasteiger partial charge < -0.3 is 15.2 Å². The Labute approximate surface area is 98.5 Å². The van der Waals surface area contributed by atoms with Gasteiger partial charge in [0.05, 0.1) is 17.2 Å². The third kappa shape index (κ3) is 2.31. The fourth-order valence-electron chi connectivity index (χ4n) is 1.85. The number of fused-ring (bicyclic) bond motifs is 1. The summed E-state index contributed by atoms with van der Waals surface area (Å²) in [6.45, 7) is 1.66. The Bertz CT molecular complexity index is 587. The van der Waals surface area contributed by atoms with Crippen LogP contribution in [0.15, 0.2) is 29.1 Å². The molecule has 0 saturated carbocycles. The lowest BCUT2D eigenvalue weighted by Crippen LogP contribution is -2.14. The zero-order chi connectivity index (χ0) is 12.4. The number of aliphatic hydroxyl groups is 1. The first kappa shape index (κ1) is 11.7. The second-order valence-corrected chi connectivity index (χ2v) is 4.21. The number of aliphatic hydroxyl groups excluding tert-OH is 1. The van der Waals surface area contributed by atoms with Gasteiger partial charge in [-0.25, -0.2) is 0 Å². The molecule has 0 fully saturated rings. The van der Waals surface area contributed by atoms with Crippen molar-refractivity contribution in [3.63, 3.8) is 0 Å². The summed E-state index contributed by atoms with van der Waals surface area (Å²) in [5, 5.41) is 19.9. The molecule has 0 amide bonds. The van der Waals surface area contributed by atoms with E-state index in [1.807, 2.05) is 0 Å². The molecule has 0 saturated heterocycles. The van der Waals surface area contributed by atoms with E-state index < -0.39 is 6.10 Å². The summed E-state index contributed by atoms with van der Waals surface area (Å²) in [5.74, 6) is 0.0185. The van der Waals surface area contributed by atoms with E-state index in [0.29, 0.717) is 29.3 Å². The molecular weight excluding hydrogens is 218 g/mol. The van der Waals surface area contributed by atoms with E-state index in [9.17, 15) is 15.0 Å². The highest BCUT2D eigenvalue weighted by molar-refractivity contribution is 5.85. The number of rotatable bonds is 3. The molecule has 2 aromatic rings. The van der Waals surface area contributed by atoms with Crippen molar-refractivity contribution in [3.05, 3.63) is 40.2 Å². The fourth-order valence-corrected chi connectivity index (χ4v) is 1.85. The minimum absolute atomic E-state index is 0.0185. The molecule has 0 aliphatic carbocycles. The molecule has 1 aromatic heterocycles. The van der Waals surface area contributed by atoms with Gasteiger partial charge in [0, 0.05) is 5.39 Å². The predicted molar refractivity (Wildman–Crippen MR) is 66.2 cm³/mol. The Balaban J connectivity index is 2.52. The zero-order valence-electron chi connectivity index (χ0n) is 9.60. The van der Waals surface area contributed by atoms with Crippen LogP contribution in [-0.4, -0.2) is 21.3 Å². The van der Waals surface area contributed by atoms with E-state index in [4.69, 9.17) is 0 Å². The number of aromatic amines is 1. The molecule has 0 spiro atoms. The molecule has 1 heterocycles. The number of aromatic hydroxyl groups is 1. The molecule has 4 nitrogen and oxygen atoms in total. The molecule has 1 atom stereocenters. The average Bonchev–Trinajstić information content (AvgIpc) is 2.28. The number of para-hydroxylation sites is 1. The third-order valence-corrected chi connectivity index (χ3v) is 2.80. The van der Waals surface area contributed by atoms with E-state index in [0.717, 1.165) is 0 Å². The number of nitrogens with one attached hydrogen (secondary N) is 1. The minimum atomic E-state index is -0.486. The highest BCUT2D eigenvalue weighted by atomic mass is 16.3. The monoisotopic (exact) mass is 233 g/mol. The lowest BCUT2D eigenvalue weighted by atomic mass is 10.1. The second kappa shape index (κ2) is 4.59. The summed E-state index contributed by atoms with van der Waals surface area (Å²) in [5.41, 5.74) is 0.669. The maximum absolute atomic E-state index is 11.8. The first-order valence-electron chi connectivity index (χ1n) is 5.60. The summed E-state index contributed by atoms with van der Waals surface area (Å²) in [6.07, 6.45) is 0.332. The van der Waals surface area contributed by atoms with Gasteiger partial charge in [-0.2, -0.15) is 0 Å². The number of benzene rings is 1. The Kier molecular flexibility index (Phi) is 3.15. The van der Waals surface area contributed by atoms with Crippen LogP contribution < -0.4 is 5.56 Å². The smallest absolute Gasteiger partial charge is 0.255 e. The number of pyridine rings is 1. The molecule has 4 heteroatoms. The Morgan fingerprint density at radius 2 is 2.06 bits per heavy atom. The minimum Gasteiger partial charge on any atom is -0.507 e. The number of hydrogen-bond donors (Lipinski definition) is 3. The first-order valence-corrected chi connectivity index (χ1v) is 5.60. The normalized spacial score (nSPS) is 12.8. The summed E-state index contributed by atoms with van der Waals surface area (Å²) < 4.78 is 0. The summed E-state index contributed by atoms with van der Waals surface area (Å²) >= 11 is 0. The average molecular weight is 233 g/mol. The first-order chi connectivity index (χ1) is 8.09. The van der Waals surface area contributed by atoms with Crippen LogP contribution in [-0.2, 0) is 6.42 Å².